The molecule has 1 saturated heterocycles. The summed E-state index contributed by atoms with van der Waals surface area (Å²) < 4.78 is 22.2. The molecule has 2 aromatic heterocycles. The van der Waals surface area contributed by atoms with Crippen LogP contribution in [0, 0.1) is 12.8 Å². The van der Waals surface area contributed by atoms with Gasteiger partial charge in [-0.15, -0.1) is 11.3 Å². The minimum atomic E-state index is -0.804. The molecular formula is C30H40N4O7S. The van der Waals surface area contributed by atoms with Crippen LogP contribution in [0.1, 0.15) is 57.1 Å². The van der Waals surface area contributed by atoms with Gasteiger partial charge in [-0.05, 0) is 43.0 Å². The van der Waals surface area contributed by atoms with Gasteiger partial charge in [0.15, 0.2) is 12.1 Å². The van der Waals surface area contributed by atoms with Crippen molar-refractivity contribution in [1.29, 1.82) is 0 Å². The second-order valence-corrected chi connectivity index (χ2v) is 11.4. The number of carbonyl (C=O) groups is 2. The zero-order chi connectivity index (χ0) is 30.2. The highest BCUT2D eigenvalue weighted by Crippen LogP contribution is 2.32. The van der Waals surface area contributed by atoms with Crippen molar-refractivity contribution in [2.45, 2.75) is 71.9 Å². The van der Waals surface area contributed by atoms with E-state index >= 15 is 0 Å². The first-order chi connectivity index (χ1) is 20.2. The monoisotopic (exact) mass is 600 g/mol. The summed E-state index contributed by atoms with van der Waals surface area (Å²) >= 11 is 1.59. The normalized spacial score (nSPS) is 17.7. The SMILES string of the molecule is CCOC(COc1cc(C(C(=O)N2C[C@H](O)C[C@H]2C(=O)NCc2ccc(-c3scnc3C)cc2)C(C)C)on1)OCC. The van der Waals surface area contributed by atoms with Crippen LogP contribution in [0.3, 0.4) is 0 Å². The average molecular weight is 601 g/mol. The minimum absolute atomic E-state index is 0.0604. The maximum atomic E-state index is 13.8. The number of ether oxygens (including phenoxy) is 3. The largest absolute Gasteiger partial charge is 0.470 e. The zero-order valence-electron chi connectivity index (χ0n) is 24.7. The number of aryl methyl sites for hydroxylation is 1. The van der Waals surface area contributed by atoms with E-state index in [0.717, 1.165) is 21.7 Å². The maximum absolute atomic E-state index is 13.8. The number of amides is 2. The van der Waals surface area contributed by atoms with Crippen molar-refractivity contribution in [1.82, 2.24) is 20.4 Å². The summed E-state index contributed by atoms with van der Waals surface area (Å²) in [6.07, 6.45) is -1.19. The Labute approximate surface area is 250 Å². The predicted molar refractivity (Wildman–Crippen MR) is 157 cm³/mol. The number of aliphatic hydroxyl groups is 1. The van der Waals surface area contributed by atoms with Gasteiger partial charge in [-0.25, -0.2) is 4.98 Å². The highest BCUT2D eigenvalue weighted by molar-refractivity contribution is 7.13. The number of rotatable bonds is 14. The molecule has 0 bridgehead atoms. The predicted octanol–water partition coefficient (Wildman–Crippen LogP) is 3.90. The van der Waals surface area contributed by atoms with Crippen LogP contribution in [-0.4, -0.2) is 76.8 Å². The smallest absolute Gasteiger partial charge is 0.254 e. The second kappa shape index (κ2) is 14.7. The Kier molecular flexibility index (Phi) is 11.1. The molecule has 1 aromatic carbocycles. The van der Waals surface area contributed by atoms with Gasteiger partial charge in [0.25, 0.3) is 5.88 Å². The summed E-state index contributed by atoms with van der Waals surface area (Å²) in [4.78, 5) is 33.9. The van der Waals surface area contributed by atoms with E-state index < -0.39 is 24.4 Å². The van der Waals surface area contributed by atoms with Gasteiger partial charge in [-0.2, -0.15) is 0 Å². The van der Waals surface area contributed by atoms with E-state index in [-0.39, 0.29) is 43.2 Å². The molecule has 1 aliphatic heterocycles. The molecule has 3 atom stereocenters. The van der Waals surface area contributed by atoms with Gasteiger partial charge in [0.1, 0.15) is 18.6 Å². The first-order valence-corrected chi connectivity index (χ1v) is 15.2. The van der Waals surface area contributed by atoms with Crippen molar-refractivity contribution in [2.75, 3.05) is 26.4 Å². The Bertz CT molecular complexity index is 1300. The van der Waals surface area contributed by atoms with Crippen LogP contribution in [0.15, 0.2) is 40.4 Å². The number of carbonyl (C=O) groups excluding carboxylic acids is 2. The number of thiazole rings is 1. The number of benzene rings is 1. The van der Waals surface area contributed by atoms with Crippen LogP contribution in [0.25, 0.3) is 10.4 Å². The molecule has 12 heteroatoms. The molecule has 228 valence electrons. The summed E-state index contributed by atoms with van der Waals surface area (Å²) in [6, 6.07) is 8.72. The molecule has 0 radical (unpaired) electrons. The lowest BCUT2D eigenvalue weighted by atomic mass is 9.91. The molecule has 1 aliphatic rings. The Morgan fingerprint density at radius 1 is 1.19 bits per heavy atom. The number of hydrogen-bond acceptors (Lipinski definition) is 10. The molecule has 42 heavy (non-hydrogen) atoms. The molecular weight excluding hydrogens is 560 g/mol. The molecule has 0 aliphatic carbocycles. The number of nitrogens with one attached hydrogen (secondary N) is 1. The lowest BCUT2D eigenvalue weighted by Crippen LogP contribution is -2.48. The van der Waals surface area contributed by atoms with Gasteiger partial charge in [0.2, 0.25) is 11.8 Å². The maximum Gasteiger partial charge on any atom is 0.254 e. The fraction of sp³-hybridized carbons (Fsp3) is 0.533. The van der Waals surface area contributed by atoms with Crippen LogP contribution < -0.4 is 10.1 Å². The van der Waals surface area contributed by atoms with Crippen molar-refractivity contribution >= 4 is 23.2 Å². The summed E-state index contributed by atoms with van der Waals surface area (Å²) in [5.74, 6) is -0.974. The summed E-state index contributed by atoms with van der Waals surface area (Å²) in [5.41, 5.74) is 4.81. The quantitative estimate of drug-likeness (QED) is 0.264. The van der Waals surface area contributed by atoms with E-state index in [1.165, 1.54) is 4.90 Å². The Morgan fingerprint density at radius 3 is 2.52 bits per heavy atom. The first kappa shape index (κ1) is 31.6. The van der Waals surface area contributed by atoms with Crippen molar-refractivity contribution < 1.29 is 33.4 Å². The third-order valence-corrected chi connectivity index (χ3v) is 8.09. The molecule has 1 fully saturated rings. The number of nitrogens with zero attached hydrogens (tertiary/aromatic N) is 3. The van der Waals surface area contributed by atoms with E-state index in [4.69, 9.17) is 18.7 Å². The van der Waals surface area contributed by atoms with Gasteiger partial charge in [0.05, 0.1) is 22.2 Å². The van der Waals surface area contributed by atoms with Crippen molar-refractivity contribution in [2.24, 2.45) is 5.92 Å². The van der Waals surface area contributed by atoms with E-state index in [9.17, 15) is 14.7 Å². The molecule has 3 aromatic rings. The average Bonchev–Trinajstić information content (AvgIpc) is 3.71. The van der Waals surface area contributed by atoms with Gasteiger partial charge in [-0.3, -0.25) is 9.59 Å². The highest BCUT2D eigenvalue weighted by Gasteiger charge is 2.43. The number of aromatic nitrogens is 2. The van der Waals surface area contributed by atoms with E-state index in [1.54, 1.807) is 17.4 Å². The number of hydrogen-bond donors (Lipinski definition) is 2. The molecule has 4 rings (SSSR count). The fourth-order valence-electron chi connectivity index (χ4n) is 5.04. The van der Waals surface area contributed by atoms with E-state index in [0.29, 0.717) is 25.5 Å². The number of likely N-dealkylation sites (tertiary alicyclic amines) is 1. The molecule has 0 spiro atoms. The lowest BCUT2D eigenvalue weighted by molar-refractivity contribution is -0.153. The standard InChI is InChI=1S/C30H40N4O7S/c1-6-38-26(39-7-2)16-40-25-13-24(41-33-25)27(18(3)4)30(37)34-15-22(35)12-23(34)29(36)31-14-20-8-10-21(11-9-20)28-19(5)32-17-42-28/h8-11,13,17-18,22-23,26-27,35H,6-7,12,14-16H2,1-5H3,(H,31,36)/t22-,23+,27?/m1/s1. The van der Waals surface area contributed by atoms with Gasteiger partial charge < -0.3 is 34.1 Å². The third kappa shape index (κ3) is 7.74. The molecule has 2 N–H and O–H groups in total. The Balaban J connectivity index is 1.40. The van der Waals surface area contributed by atoms with Gasteiger partial charge in [-0.1, -0.05) is 38.1 Å². The van der Waals surface area contributed by atoms with Gasteiger partial charge in [0, 0.05) is 38.8 Å². The van der Waals surface area contributed by atoms with Crippen LogP contribution in [0.4, 0.5) is 0 Å². The van der Waals surface area contributed by atoms with Crippen LogP contribution in [0.5, 0.6) is 5.88 Å². The topological polar surface area (TPSA) is 136 Å². The molecule has 1 unspecified atom stereocenters. The Morgan fingerprint density at radius 2 is 1.90 bits per heavy atom. The number of aliphatic hydroxyl groups excluding tert-OH is 1. The van der Waals surface area contributed by atoms with Crippen LogP contribution in [-0.2, 0) is 25.6 Å². The van der Waals surface area contributed by atoms with Gasteiger partial charge >= 0.3 is 0 Å². The third-order valence-electron chi connectivity index (χ3n) is 7.11. The minimum Gasteiger partial charge on any atom is -0.470 e. The Hall–Kier alpha value is -3.32. The van der Waals surface area contributed by atoms with Crippen molar-refractivity contribution in [3.63, 3.8) is 0 Å². The van der Waals surface area contributed by atoms with Crippen molar-refractivity contribution in [3.05, 3.63) is 52.9 Å². The second-order valence-electron chi connectivity index (χ2n) is 10.5. The van der Waals surface area contributed by atoms with E-state index in [1.807, 2.05) is 64.4 Å². The molecule has 0 saturated carbocycles. The number of β-amino-alcohol motifs (C(OH)–C–C–N with tert-alkyl or cyclic N) is 1. The lowest BCUT2D eigenvalue weighted by Gasteiger charge is -2.28. The zero-order valence-corrected chi connectivity index (χ0v) is 25.6. The molecule has 3 heterocycles. The molecule has 2 amide bonds. The van der Waals surface area contributed by atoms with Crippen molar-refractivity contribution in [3.8, 4) is 16.3 Å². The molecule has 11 nitrogen and oxygen atoms in total. The first-order valence-electron chi connectivity index (χ1n) is 14.3. The fourth-order valence-corrected chi connectivity index (χ4v) is 5.85. The highest BCUT2D eigenvalue weighted by atomic mass is 32.1. The summed E-state index contributed by atoms with van der Waals surface area (Å²) in [6.45, 7) is 10.9. The van der Waals surface area contributed by atoms with Crippen LogP contribution >= 0.6 is 11.3 Å². The van der Waals surface area contributed by atoms with Crippen LogP contribution in [0.2, 0.25) is 0 Å². The van der Waals surface area contributed by atoms with E-state index in [2.05, 4.69) is 15.5 Å². The summed E-state index contributed by atoms with van der Waals surface area (Å²) in [5, 5.41) is 17.4. The summed E-state index contributed by atoms with van der Waals surface area (Å²) in [7, 11) is 0.